The molecule has 2 aromatic rings. The summed E-state index contributed by atoms with van der Waals surface area (Å²) in [4.78, 5) is 26.3. The molecule has 0 saturated heterocycles. The Morgan fingerprint density at radius 3 is 2.89 bits per heavy atom. The Kier molecular flexibility index (Phi) is 3.97. The highest BCUT2D eigenvalue weighted by Gasteiger charge is 2.11. The number of benzene rings is 1. The van der Waals surface area contributed by atoms with E-state index in [2.05, 4.69) is 10.3 Å². The maximum Gasteiger partial charge on any atom is 0.252 e. The van der Waals surface area contributed by atoms with Gasteiger partial charge in [0.25, 0.3) is 5.91 Å². The predicted octanol–water partition coefficient (Wildman–Crippen LogP) is 0.995. The molecule has 0 aliphatic rings. The number of para-hydroxylation sites is 1. The Morgan fingerprint density at radius 2 is 2.16 bits per heavy atom. The number of fused-ring (bicyclic) bond motifs is 1. The number of H-pyrrole nitrogens is 1. The van der Waals surface area contributed by atoms with Crippen LogP contribution in [0.15, 0.2) is 35.1 Å². The molecule has 1 unspecified atom stereocenters. The van der Waals surface area contributed by atoms with Gasteiger partial charge in [-0.2, -0.15) is 0 Å². The third kappa shape index (κ3) is 3.20. The predicted molar refractivity (Wildman–Crippen MR) is 75.2 cm³/mol. The number of pyridine rings is 1. The molecule has 0 aliphatic carbocycles. The standard InChI is InChI=1S/C14H17N3O2/c1-9(15)6-7-16-14(19)11-8-13(18)17-12-5-3-2-4-10(11)12/h2-5,8-9H,6-7,15H2,1H3,(H,16,19)(H,17,18). The third-order valence-corrected chi connectivity index (χ3v) is 2.88. The van der Waals surface area contributed by atoms with Gasteiger partial charge in [0.05, 0.1) is 5.56 Å². The van der Waals surface area contributed by atoms with Crippen LogP contribution in [0.4, 0.5) is 0 Å². The quantitative estimate of drug-likeness (QED) is 0.765. The molecule has 19 heavy (non-hydrogen) atoms. The highest BCUT2D eigenvalue weighted by atomic mass is 16.2. The van der Waals surface area contributed by atoms with Crippen molar-refractivity contribution >= 4 is 16.8 Å². The first kappa shape index (κ1) is 13.3. The summed E-state index contributed by atoms with van der Waals surface area (Å²) in [5.41, 5.74) is 6.40. The molecule has 5 heteroatoms. The maximum atomic E-state index is 12.1. The van der Waals surface area contributed by atoms with E-state index in [1.807, 2.05) is 25.1 Å². The topological polar surface area (TPSA) is 88.0 Å². The highest BCUT2D eigenvalue weighted by molar-refractivity contribution is 6.05. The first-order chi connectivity index (χ1) is 9.08. The van der Waals surface area contributed by atoms with Gasteiger partial charge in [0, 0.05) is 29.6 Å². The first-order valence-electron chi connectivity index (χ1n) is 6.24. The van der Waals surface area contributed by atoms with Crippen molar-refractivity contribution in [1.82, 2.24) is 10.3 Å². The van der Waals surface area contributed by atoms with E-state index in [1.54, 1.807) is 6.07 Å². The minimum atomic E-state index is -0.281. The van der Waals surface area contributed by atoms with E-state index < -0.39 is 0 Å². The van der Waals surface area contributed by atoms with Crippen molar-refractivity contribution in [2.24, 2.45) is 5.73 Å². The van der Waals surface area contributed by atoms with Crippen LogP contribution in [0.5, 0.6) is 0 Å². The molecule has 0 bridgehead atoms. The van der Waals surface area contributed by atoms with E-state index in [0.717, 1.165) is 5.39 Å². The molecule has 0 aliphatic heterocycles. The van der Waals surface area contributed by atoms with E-state index in [-0.39, 0.29) is 17.5 Å². The molecule has 1 aromatic carbocycles. The molecule has 4 N–H and O–H groups in total. The number of amides is 1. The van der Waals surface area contributed by atoms with Gasteiger partial charge in [-0.05, 0) is 19.4 Å². The van der Waals surface area contributed by atoms with Gasteiger partial charge in [-0.15, -0.1) is 0 Å². The molecule has 0 saturated carbocycles. The van der Waals surface area contributed by atoms with Crippen LogP contribution in [-0.4, -0.2) is 23.5 Å². The summed E-state index contributed by atoms with van der Waals surface area (Å²) >= 11 is 0. The van der Waals surface area contributed by atoms with E-state index in [4.69, 9.17) is 5.73 Å². The number of carbonyl (C=O) groups excluding carboxylic acids is 1. The lowest BCUT2D eigenvalue weighted by Gasteiger charge is -2.09. The van der Waals surface area contributed by atoms with Crippen molar-refractivity contribution in [2.75, 3.05) is 6.54 Å². The van der Waals surface area contributed by atoms with E-state index in [0.29, 0.717) is 24.0 Å². The Hall–Kier alpha value is -2.14. The molecule has 2 rings (SSSR count). The lowest BCUT2D eigenvalue weighted by molar-refractivity contribution is 0.0954. The summed E-state index contributed by atoms with van der Waals surface area (Å²) in [5.74, 6) is -0.247. The monoisotopic (exact) mass is 259 g/mol. The van der Waals surface area contributed by atoms with Gasteiger partial charge >= 0.3 is 0 Å². The molecule has 5 nitrogen and oxygen atoms in total. The molecular weight excluding hydrogens is 242 g/mol. The molecule has 1 aromatic heterocycles. The minimum Gasteiger partial charge on any atom is -0.352 e. The lowest BCUT2D eigenvalue weighted by atomic mass is 10.1. The normalized spacial score (nSPS) is 12.3. The van der Waals surface area contributed by atoms with Gasteiger partial charge in [0.15, 0.2) is 0 Å². The zero-order chi connectivity index (χ0) is 13.8. The summed E-state index contributed by atoms with van der Waals surface area (Å²) < 4.78 is 0. The second kappa shape index (κ2) is 5.67. The number of hydrogen-bond donors (Lipinski definition) is 3. The zero-order valence-electron chi connectivity index (χ0n) is 10.8. The number of nitrogens with one attached hydrogen (secondary N) is 2. The Morgan fingerprint density at radius 1 is 1.42 bits per heavy atom. The van der Waals surface area contributed by atoms with Gasteiger partial charge in [0.1, 0.15) is 0 Å². The van der Waals surface area contributed by atoms with Crippen LogP contribution in [0.3, 0.4) is 0 Å². The van der Waals surface area contributed by atoms with Crippen molar-refractivity contribution < 1.29 is 4.79 Å². The zero-order valence-corrected chi connectivity index (χ0v) is 10.8. The number of carbonyl (C=O) groups is 1. The molecule has 0 fully saturated rings. The van der Waals surface area contributed by atoms with Gasteiger partial charge in [-0.25, -0.2) is 0 Å². The van der Waals surface area contributed by atoms with E-state index >= 15 is 0 Å². The summed E-state index contributed by atoms with van der Waals surface area (Å²) in [6.07, 6.45) is 0.701. The summed E-state index contributed by atoms with van der Waals surface area (Å²) in [7, 11) is 0. The second-order valence-electron chi connectivity index (χ2n) is 4.61. The molecule has 1 heterocycles. The summed E-state index contributed by atoms with van der Waals surface area (Å²) in [5, 5.41) is 3.51. The van der Waals surface area contributed by atoms with Gasteiger partial charge < -0.3 is 16.0 Å². The number of aromatic nitrogens is 1. The Labute approximate surface area is 110 Å². The molecule has 1 atom stereocenters. The van der Waals surface area contributed by atoms with Gasteiger partial charge in [-0.3, -0.25) is 9.59 Å². The smallest absolute Gasteiger partial charge is 0.252 e. The second-order valence-corrected chi connectivity index (χ2v) is 4.61. The van der Waals surface area contributed by atoms with Crippen LogP contribution in [-0.2, 0) is 0 Å². The first-order valence-corrected chi connectivity index (χ1v) is 6.24. The molecule has 1 amide bonds. The number of aromatic amines is 1. The minimum absolute atomic E-state index is 0.0382. The van der Waals surface area contributed by atoms with Crippen molar-refractivity contribution in [3.05, 3.63) is 46.2 Å². The van der Waals surface area contributed by atoms with Gasteiger partial charge in [0.2, 0.25) is 5.56 Å². The van der Waals surface area contributed by atoms with Gasteiger partial charge in [-0.1, -0.05) is 18.2 Å². The largest absolute Gasteiger partial charge is 0.352 e. The van der Waals surface area contributed by atoms with Crippen molar-refractivity contribution in [2.45, 2.75) is 19.4 Å². The van der Waals surface area contributed by atoms with Crippen molar-refractivity contribution in [3.8, 4) is 0 Å². The van der Waals surface area contributed by atoms with E-state index in [9.17, 15) is 9.59 Å². The number of nitrogens with two attached hydrogens (primary N) is 1. The Bertz CT molecular complexity index is 646. The fourth-order valence-electron chi connectivity index (χ4n) is 1.90. The van der Waals surface area contributed by atoms with Crippen molar-refractivity contribution in [3.63, 3.8) is 0 Å². The fourth-order valence-corrected chi connectivity index (χ4v) is 1.90. The number of hydrogen-bond acceptors (Lipinski definition) is 3. The van der Waals surface area contributed by atoms with Crippen LogP contribution in [0.2, 0.25) is 0 Å². The van der Waals surface area contributed by atoms with Crippen LogP contribution in [0.1, 0.15) is 23.7 Å². The maximum absolute atomic E-state index is 12.1. The SMILES string of the molecule is CC(N)CCNC(=O)c1cc(=O)[nH]c2ccccc12. The van der Waals surface area contributed by atoms with Crippen LogP contribution in [0, 0.1) is 0 Å². The summed E-state index contributed by atoms with van der Waals surface area (Å²) in [6, 6.07) is 8.59. The van der Waals surface area contributed by atoms with E-state index in [1.165, 1.54) is 6.07 Å². The average molecular weight is 259 g/mol. The lowest BCUT2D eigenvalue weighted by Crippen LogP contribution is -2.29. The average Bonchev–Trinajstić information content (AvgIpc) is 2.37. The van der Waals surface area contributed by atoms with Crippen LogP contribution < -0.4 is 16.6 Å². The fraction of sp³-hybridized carbons (Fsp3) is 0.286. The molecule has 0 spiro atoms. The highest BCUT2D eigenvalue weighted by Crippen LogP contribution is 2.14. The Balaban J connectivity index is 2.28. The molecular formula is C14H17N3O2. The van der Waals surface area contributed by atoms with Crippen molar-refractivity contribution in [1.29, 1.82) is 0 Å². The number of rotatable bonds is 4. The third-order valence-electron chi connectivity index (χ3n) is 2.88. The summed E-state index contributed by atoms with van der Waals surface area (Å²) in [6.45, 7) is 2.38. The van der Waals surface area contributed by atoms with Crippen LogP contribution >= 0.6 is 0 Å². The molecule has 0 radical (unpaired) electrons. The molecule has 100 valence electrons. The van der Waals surface area contributed by atoms with Crippen LogP contribution in [0.25, 0.3) is 10.9 Å².